The van der Waals surface area contributed by atoms with Crippen LogP contribution in [-0.2, 0) is 23.1 Å². The number of likely N-dealkylation sites (tertiary alicyclic amines) is 1. The molecule has 2 aliphatic rings. The fourth-order valence-electron chi connectivity index (χ4n) is 4.82. The Kier molecular flexibility index (Phi) is 7.91. The first-order valence-corrected chi connectivity index (χ1v) is 13.7. The molecule has 8 heteroatoms. The molecule has 0 unspecified atom stereocenters. The molecule has 2 aromatic rings. The lowest BCUT2D eigenvalue weighted by Crippen LogP contribution is -2.33. The fraction of sp³-hybridized carbons (Fsp3) is 0.500. The van der Waals surface area contributed by atoms with Gasteiger partial charge >= 0.3 is 0 Å². The van der Waals surface area contributed by atoms with E-state index < -0.39 is 10.0 Å². The topological polar surface area (TPSA) is 73.0 Å². The molecule has 1 amide bonds. The van der Waals surface area contributed by atoms with Crippen molar-refractivity contribution in [3.8, 4) is 0 Å². The van der Waals surface area contributed by atoms with E-state index in [0.717, 1.165) is 56.8 Å². The highest BCUT2D eigenvalue weighted by Crippen LogP contribution is 2.28. The minimum absolute atomic E-state index is 0.137. The molecule has 7 nitrogen and oxygen atoms in total. The van der Waals surface area contributed by atoms with Crippen molar-refractivity contribution in [2.45, 2.75) is 50.1 Å². The number of sulfonamides is 1. The Morgan fingerprint density at radius 1 is 0.912 bits per heavy atom. The minimum atomic E-state index is -3.64. The molecule has 184 valence electrons. The predicted octanol–water partition coefficient (Wildman–Crippen LogP) is 3.45. The van der Waals surface area contributed by atoms with Gasteiger partial charge in [-0.3, -0.25) is 9.69 Å². The first-order valence-electron chi connectivity index (χ1n) is 12.2. The molecule has 0 aliphatic carbocycles. The van der Waals surface area contributed by atoms with Crippen molar-refractivity contribution < 1.29 is 13.2 Å². The number of nitrogens with one attached hydrogen (secondary N) is 1. The van der Waals surface area contributed by atoms with Crippen LogP contribution in [0.5, 0.6) is 0 Å². The van der Waals surface area contributed by atoms with E-state index in [1.165, 1.54) is 49.3 Å². The maximum atomic E-state index is 13.4. The van der Waals surface area contributed by atoms with E-state index in [9.17, 15) is 13.2 Å². The van der Waals surface area contributed by atoms with E-state index in [0.29, 0.717) is 12.1 Å². The van der Waals surface area contributed by atoms with Crippen LogP contribution in [0.15, 0.2) is 47.4 Å². The van der Waals surface area contributed by atoms with Gasteiger partial charge in [0.05, 0.1) is 10.5 Å². The number of hydrogen-bond donors (Lipinski definition) is 1. The molecule has 2 aliphatic heterocycles. The zero-order valence-corrected chi connectivity index (χ0v) is 21.1. The molecule has 2 heterocycles. The van der Waals surface area contributed by atoms with Crippen LogP contribution in [0, 0.1) is 0 Å². The van der Waals surface area contributed by atoms with E-state index >= 15 is 0 Å². The molecule has 0 saturated carbocycles. The van der Waals surface area contributed by atoms with E-state index in [4.69, 9.17) is 0 Å². The van der Waals surface area contributed by atoms with Crippen molar-refractivity contribution >= 4 is 21.6 Å². The number of benzene rings is 2. The summed E-state index contributed by atoms with van der Waals surface area (Å²) in [5.74, 6) is -0.243. The average molecular weight is 485 g/mol. The van der Waals surface area contributed by atoms with E-state index in [1.54, 1.807) is 12.1 Å². The van der Waals surface area contributed by atoms with Crippen molar-refractivity contribution in [3.63, 3.8) is 0 Å². The number of amides is 1. The zero-order chi connectivity index (χ0) is 24.1. The normalized spacial score (nSPS) is 17.3. The largest absolute Gasteiger partial charge is 0.371 e. The predicted molar refractivity (Wildman–Crippen MR) is 136 cm³/mol. The summed E-state index contributed by atoms with van der Waals surface area (Å²) in [5.41, 5.74) is 3.55. The van der Waals surface area contributed by atoms with Crippen LogP contribution in [0.2, 0.25) is 0 Å². The van der Waals surface area contributed by atoms with Crippen molar-refractivity contribution in [1.29, 1.82) is 0 Å². The number of rotatable bonds is 8. The number of hydrogen-bond acceptors (Lipinski definition) is 5. The van der Waals surface area contributed by atoms with Crippen molar-refractivity contribution in [3.05, 3.63) is 59.2 Å². The van der Waals surface area contributed by atoms with Crippen LogP contribution < -0.4 is 10.2 Å². The number of piperidine rings is 1. The summed E-state index contributed by atoms with van der Waals surface area (Å²) in [4.78, 5) is 18.2. The van der Waals surface area contributed by atoms with E-state index in [-0.39, 0.29) is 10.8 Å². The first-order chi connectivity index (χ1) is 16.4. The summed E-state index contributed by atoms with van der Waals surface area (Å²) in [6.07, 6.45) is 5.80. The maximum Gasteiger partial charge on any atom is 0.253 e. The lowest BCUT2D eigenvalue weighted by molar-refractivity contribution is 0.0951. The number of carbonyl (C=O) groups is 1. The van der Waals surface area contributed by atoms with Gasteiger partial charge in [-0.15, -0.1) is 0 Å². The molecular weight excluding hydrogens is 448 g/mol. The van der Waals surface area contributed by atoms with Crippen LogP contribution in [0.25, 0.3) is 0 Å². The SMILES string of the molecule is CN(C)S(=O)(=O)c1ccc(N2CCCCC2)c(C(=O)NCc2ccccc2CN2CCCC2)c1. The van der Waals surface area contributed by atoms with Crippen LogP contribution >= 0.6 is 0 Å². The Bertz CT molecular complexity index is 1100. The highest BCUT2D eigenvalue weighted by atomic mass is 32.2. The summed E-state index contributed by atoms with van der Waals surface area (Å²) in [6.45, 7) is 5.28. The van der Waals surface area contributed by atoms with Crippen molar-refractivity contribution in [2.24, 2.45) is 0 Å². The standard InChI is InChI=1S/C26H36N4O3S/c1-28(2)34(32,33)23-12-13-25(30-16-6-3-7-17-30)24(18-23)26(31)27-19-21-10-4-5-11-22(21)20-29-14-8-9-15-29/h4-5,10-13,18H,3,6-9,14-17,19-20H2,1-2H3,(H,27,31). The third-order valence-electron chi connectivity index (χ3n) is 6.84. The van der Waals surface area contributed by atoms with Gasteiger partial charge in [0.25, 0.3) is 5.91 Å². The molecular formula is C26H36N4O3S. The smallest absolute Gasteiger partial charge is 0.253 e. The van der Waals surface area contributed by atoms with Crippen molar-refractivity contribution in [2.75, 3.05) is 45.2 Å². The number of carbonyl (C=O) groups excluding carboxylic acids is 1. The van der Waals surface area contributed by atoms with Gasteiger partial charge in [-0.05, 0) is 74.5 Å². The van der Waals surface area contributed by atoms with Crippen molar-refractivity contribution in [1.82, 2.24) is 14.5 Å². The van der Waals surface area contributed by atoms with Gasteiger partial charge in [0.1, 0.15) is 0 Å². The van der Waals surface area contributed by atoms with Gasteiger partial charge in [-0.25, -0.2) is 12.7 Å². The highest BCUT2D eigenvalue weighted by molar-refractivity contribution is 7.89. The van der Waals surface area contributed by atoms with Crippen LogP contribution in [0.1, 0.15) is 53.6 Å². The van der Waals surface area contributed by atoms with Crippen LogP contribution in [0.3, 0.4) is 0 Å². The molecule has 0 bridgehead atoms. The minimum Gasteiger partial charge on any atom is -0.371 e. The fourth-order valence-corrected chi connectivity index (χ4v) is 5.74. The molecule has 2 saturated heterocycles. The Morgan fingerprint density at radius 2 is 1.56 bits per heavy atom. The second kappa shape index (κ2) is 10.9. The summed E-state index contributed by atoms with van der Waals surface area (Å²) in [5, 5.41) is 3.08. The number of anilines is 1. The molecule has 0 radical (unpaired) electrons. The zero-order valence-electron chi connectivity index (χ0n) is 20.3. The van der Waals surface area contributed by atoms with Gasteiger partial charge in [-0.1, -0.05) is 24.3 Å². The molecule has 0 aromatic heterocycles. The third-order valence-corrected chi connectivity index (χ3v) is 8.65. The Labute approximate surface area is 203 Å². The third kappa shape index (κ3) is 5.62. The summed E-state index contributed by atoms with van der Waals surface area (Å²) < 4.78 is 26.7. The molecule has 0 spiro atoms. The summed E-state index contributed by atoms with van der Waals surface area (Å²) in [7, 11) is -0.629. The summed E-state index contributed by atoms with van der Waals surface area (Å²) >= 11 is 0. The van der Waals surface area contributed by atoms with E-state index in [1.807, 2.05) is 12.1 Å². The highest BCUT2D eigenvalue weighted by Gasteiger charge is 2.24. The average Bonchev–Trinajstić information content (AvgIpc) is 3.36. The molecule has 2 aromatic carbocycles. The van der Waals surface area contributed by atoms with E-state index in [2.05, 4.69) is 27.2 Å². The van der Waals surface area contributed by atoms with Gasteiger partial charge in [0.15, 0.2) is 0 Å². The van der Waals surface area contributed by atoms with Gasteiger partial charge < -0.3 is 10.2 Å². The second-order valence-electron chi connectivity index (χ2n) is 9.45. The quantitative estimate of drug-likeness (QED) is 0.621. The monoisotopic (exact) mass is 484 g/mol. The van der Waals surface area contributed by atoms with Gasteiger partial charge in [-0.2, -0.15) is 0 Å². The Hall–Kier alpha value is -2.42. The summed E-state index contributed by atoms with van der Waals surface area (Å²) in [6, 6.07) is 13.2. The number of nitrogens with zero attached hydrogens (tertiary/aromatic N) is 3. The first kappa shape index (κ1) is 24.7. The molecule has 4 rings (SSSR count). The molecule has 1 N–H and O–H groups in total. The van der Waals surface area contributed by atoms with Crippen LogP contribution in [-0.4, -0.2) is 63.8 Å². The Morgan fingerprint density at radius 3 is 2.24 bits per heavy atom. The second-order valence-corrected chi connectivity index (χ2v) is 11.6. The van der Waals surface area contributed by atoms with Gasteiger partial charge in [0, 0.05) is 46.0 Å². The maximum absolute atomic E-state index is 13.4. The lowest BCUT2D eigenvalue weighted by Gasteiger charge is -2.30. The lowest BCUT2D eigenvalue weighted by atomic mass is 10.1. The Balaban J connectivity index is 1.58. The molecule has 0 atom stereocenters. The van der Waals surface area contributed by atoms with Crippen LogP contribution in [0.4, 0.5) is 5.69 Å². The molecule has 2 fully saturated rings. The van der Waals surface area contributed by atoms with Gasteiger partial charge in [0.2, 0.25) is 10.0 Å². The molecule has 34 heavy (non-hydrogen) atoms.